The summed E-state index contributed by atoms with van der Waals surface area (Å²) in [5.74, 6) is 0.0310. The van der Waals surface area contributed by atoms with Crippen LogP contribution in [0.5, 0.6) is 0 Å². The van der Waals surface area contributed by atoms with Crippen LogP contribution in [0.15, 0.2) is 72.1 Å². The molecule has 27 heavy (non-hydrogen) atoms. The van der Waals surface area contributed by atoms with E-state index in [0.717, 1.165) is 35.3 Å². The SMILES string of the molecule is O=S1(=O)c2ccc(-c3ccncc3)cc2[C@H]2CN(Cc3cccnc3)C[C@@H]21. The van der Waals surface area contributed by atoms with Crippen LogP contribution in [0.1, 0.15) is 17.0 Å². The Bertz CT molecular complexity index is 1080. The van der Waals surface area contributed by atoms with Gasteiger partial charge in [-0.25, -0.2) is 8.42 Å². The van der Waals surface area contributed by atoms with Gasteiger partial charge in [0.25, 0.3) is 0 Å². The number of likely N-dealkylation sites (tertiary alicyclic amines) is 1. The lowest BCUT2D eigenvalue weighted by Crippen LogP contribution is -2.25. The molecule has 0 bridgehead atoms. The Morgan fingerprint density at radius 3 is 2.59 bits per heavy atom. The van der Waals surface area contributed by atoms with E-state index in [1.807, 2.05) is 36.5 Å². The highest BCUT2D eigenvalue weighted by atomic mass is 32.2. The van der Waals surface area contributed by atoms with Crippen molar-refractivity contribution < 1.29 is 8.42 Å². The number of rotatable bonds is 3. The molecule has 2 aliphatic rings. The van der Waals surface area contributed by atoms with E-state index in [4.69, 9.17) is 0 Å². The Morgan fingerprint density at radius 1 is 0.963 bits per heavy atom. The average Bonchev–Trinajstić information content (AvgIpc) is 3.21. The molecule has 5 nitrogen and oxygen atoms in total. The van der Waals surface area contributed by atoms with Gasteiger partial charge < -0.3 is 0 Å². The van der Waals surface area contributed by atoms with Crippen LogP contribution in [-0.2, 0) is 16.4 Å². The molecule has 0 saturated carbocycles. The molecule has 136 valence electrons. The standard InChI is InChI=1S/C21H19N3O2S/c25-27(26)20-4-3-17(16-5-8-22-9-6-16)10-18(20)19-13-24(14-21(19)27)12-15-2-1-7-23-11-15/h1-11,19,21H,12-14H2/t19-,21+/m1/s1. The van der Waals surface area contributed by atoms with Crippen LogP contribution >= 0.6 is 0 Å². The van der Waals surface area contributed by atoms with Crippen molar-refractivity contribution in [3.8, 4) is 11.1 Å². The highest BCUT2D eigenvalue weighted by Gasteiger charge is 2.50. The van der Waals surface area contributed by atoms with E-state index in [1.54, 1.807) is 24.7 Å². The van der Waals surface area contributed by atoms with Crippen LogP contribution < -0.4 is 0 Å². The molecule has 0 radical (unpaired) electrons. The fourth-order valence-corrected chi connectivity index (χ4v) is 6.52. The molecule has 1 saturated heterocycles. The minimum atomic E-state index is -3.28. The Labute approximate surface area is 158 Å². The van der Waals surface area contributed by atoms with E-state index in [1.165, 1.54) is 0 Å². The van der Waals surface area contributed by atoms with Gasteiger partial charge in [-0.05, 0) is 52.6 Å². The summed E-state index contributed by atoms with van der Waals surface area (Å²) in [6, 6.07) is 13.6. The van der Waals surface area contributed by atoms with Crippen molar-refractivity contribution in [3.63, 3.8) is 0 Å². The van der Waals surface area contributed by atoms with E-state index in [-0.39, 0.29) is 11.2 Å². The Balaban J connectivity index is 1.49. The molecule has 0 N–H and O–H groups in total. The number of pyridine rings is 2. The Kier molecular flexibility index (Phi) is 3.84. The molecule has 1 fully saturated rings. The van der Waals surface area contributed by atoms with Gasteiger partial charge in [-0.1, -0.05) is 12.1 Å². The summed E-state index contributed by atoms with van der Waals surface area (Å²) < 4.78 is 26.1. The first-order valence-electron chi connectivity index (χ1n) is 9.02. The normalized spacial score (nSPS) is 23.1. The zero-order chi connectivity index (χ0) is 18.4. The van der Waals surface area contributed by atoms with Crippen LogP contribution in [0.2, 0.25) is 0 Å². The van der Waals surface area contributed by atoms with Gasteiger partial charge in [0.05, 0.1) is 10.1 Å². The molecule has 2 aromatic heterocycles. The monoisotopic (exact) mass is 377 g/mol. The van der Waals surface area contributed by atoms with Crippen molar-refractivity contribution in [1.82, 2.24) is 14.9 Å². The number of nitrogens with zero attached hydrogens (tertiary/aromatic N) is 3. The number of sulfone groups is 1. The first-order valence-corrected chi connectivity index (χ1v) is 10.6. The number of aromatic nitrogens is 2. The maximum Gasteiger partial charge on any atom is 0.183 e. The molecule has 3 aromatic rings. The van der Waals surface area contributed by atoms with Gasteiger partial charge in [-0.15, -0.1) is 0 Å². The van der Waals surface area contributed by atoms with Crippen molar-refractivity contribution >= 4 is 9.84 Å². The van der Waals surface area contributed by atoms with Gasteiger partial charge in [0, 0.05) is 50.3 Å². The number of benzene rings is 1. The minimum absolute atomic E-state index is 0.0310. The van der Waals surface area contributed by atoms with Gasteiger partial charge in [0.15, 0.2) is 9.84 Å². The quantitative estimate of drug-likeness (QED) is 0.702. The molecule has 1 aromatic carbocycles. The first-order chi connectivity index (χ1) is 13.1. The Morgan fingerprint density at radius 2 is 1.81 bits per heavy atom. The second-order valence-electron chi connectivity index (χ2n) is 7.23. The summed E-state index contributed by atoms with van der Waals surface area (Å²) in [5, 5.41) is -0.350. The molecule has 5 rings (SSSR count). The van der Waals surface area contributed by atoms with Crippen LogP contribution in [0, 0.1) is 0 Å². The third kappa shape index (κ3) is 2.76. The van der Waals surface area contributed by atoms with Gasteiger partial charge >= 0.3 is 0 Å². The minimum Gasteiger partial charge on any atom is -0.297 e. The van der Waals surface area contributed by atoms with Crippen molar-refractivity contribution in [2.75, 3.05) is 13.1 Å². The molecule has 2 aliphatic heterocycles. The number of fused-ring (bicyclic) bond motifs is 3. The molecule has 0 aliphatic carbocycles. The zero-order valence-corrected chi connectivity index (χ0v) is 15.5. The number of hydrogen-bond acceptors (Lipinski definition) is 5. The smallest absolute Gasteiger partial charge is 0.183 e. The number of hydrogen-bond donors (Lipinski definition) is 0. The van der Waals surface area contributed by atoms with Crippen LogP contribution in [0.25, 0.3) is 11.1 Å². The largest absolute Gasteiger partial charge is 0.297 e. The van der Waals surface area contributed by atoms with Crippen LogP contribution in [0.4, 0.5) is 0 Å². The van der Waals surface area contributed by atoms with Crippen LogP contribution in [0.3, 0.4) is 0 Å². The van der Waals surface area contributed by atoms with E-state index in [9.17, 15) is 8.42 Å². The topological polar surface area (TPSA) is 63.2 Å². The third-order valence-electron chi connectivity index (χ3n) is 5.60. The average molecular weight is 377 g/mol. The molecule has 0 unspecified atom stereocenters. The summed E-state index contributed by atoms with van der Waals surface area (Å²) in [6.07, 6.45) is 7.11. The maximum atomic E-state index is 13.1. The summed E-state index contributed by atoms with van der Waals surface area (Å²) in [6.45, 7) is 2.06. The third-order valence-corrected chi connectivity index (χ3v) is 7.86. The predicted octanol–water partition coefficient (Wildman–Crippen LogP) is 2.90. The summed E-state index contributed by atoms with van der Waals surface area (Å²) in [7, 11) is -3.28. The molecular weight excluding hydrogens is 358 g/mol. The second kappa shape index (κ2) is 6.25. The fraction of sp³-hybridized carbons (Fsp3) is 0.238. The molecule has 0 amide bonds. The summed E-state index contributed by atoms with van der Waals surface area (Å²) >= 11 is 0. The van der Waals surface area contributed by atoms with Crippen LogP contribution in [-0.4, -0.2) is 41.6 Å². The molecule has 0 spiro atoms. The highest BCUT2D eigenvalue weighted by Crippen LogP contribution is 2.46. The van der Waals surface area contributed by atoms with Crippen molar-refractivity contribution in [2.24, 2.45) is 0 Å². The van der Waals surface area contributed by atoms with Crippen molar-refractivity contribution in [2.45, 2.75) is 22.6 Å². The lowest BCUT2D eigenvalue weighted by Gasteiger charge is -2.17. The van der Waals surface area contributed by atoms with Gasteiger partial charge in [0.2, 0.25) is 0 Å². The van der Waals surface area contributed by atoms with Crippen molar-refractivity contribution in [3.05, 3.63) is 78.4 Å². The fourth-order valence-electron chi connectivity index (χ4n) is 4.33. The van der Waals surface area contributed by atoms with E-state index in [0.29, 0.717) is 11.4 Å². The second-order valence-corrected chi connectivity index (χ2v) is 9.37. The lowest BCUT2D eigenvalue weighted by molar-refractivity contribution is 0.325. The van der Waals surface area contributed by atoms with Gasteiger partial charge in [0.1, 0.15) is 0 Å². The van der Waals surface area contributed by atoms with E-state index < -0.39 is 9.84 Å². The zero-order valence-electron chi connectivity index (χ0n) is 14.7. The molecule has 4 heterocycles. The lowest BCUT2D eigenvalue weighted by atomic mass is 9.95. The van der Waals surface area contributed by atoms with Gasteiger partial charge in [-0.2, -0.15) is 0 Å². The molecule has 6 heteroatoms. The molecular formula is C21H19N3O2S. The maximum absolute atomic E-state index is 13.1. The predicted molar refractivity (Wildman–Crippen MR) is 103 cm³/mol. The summed E-state index contributed by atoms with van der Waals surface area (Å²) in [5.41, 5.74) is 4.17. The van der Waals surface area contributed by atoms with E-state index >= 15 is 0 Å². The highest BCUT2D eigenvalue weighted by molar-refractivity contribution is 7.92. The summed E-state index contributed by atoms with van der Waals surface area (Å²) in [4.78, 5) is 11.0. The molecule has 2 atom stereocenters. The Hall–Kier alpha value is -2.57. The van der Waals surface area contributed by atoms with Gasteiger partial charge in [-0.3, -0.25) is 14.9 Å². The van der Waals surface area contributed by atoms with Crippen molar-refractivity contribution in [1.29, 1.82) is 0 Å². The first kappa shape index (κ1) is 16.6. The van der Waals surface area contributed by atoms with E-state index in [2.05, 4.69) is 20.9 Å².